The molecule has 0 aromatic heterocycles. The first-order valence-corrected chi connectivity index (χ1v) is 13.0. The highest BCUT2D eigenvalue weighted by Crippen LogP contribution is 2.37. The summed E-state index contributed by atoms with van der Waals surface area (Å²) in [5.41, 5.74) is 0.919. The molecule has 1 aromatic carbocycles. The number of hydrogen-bond acceptors (Lipinski definition) is 5. The zero-order valence-corrected chi connectivity index (χ0v) is 19.0. The van der Waals surface area contributed by atoms with E-state index in [4.69, 9.17) is 4.74 Å². The molecule has 0 atom stereocenters. The highest BCUT2D eigenvalue weighted by atomic mass is 32.2. The molecule has 2 aliphatic carbocycles. The number of benzene rings is 1. The van der Waals surface area contributed by atoms with Crippen molar-refractivity contribution >= 4 is 27.6 Å². The van der Waals surface area contributed by atoms with Gasteiger partial charge in [0.25, 0.3) is 0 Å². The molecule has 0 unspecified atom stereocenters. The van der Waals surface area contributed by atoms with Crippen LogP contribution in [0.4, 0.5) is 5.69 Å². The number of rotatable bonds is 7. The van der Waals surface area contributed by atoms with Gasteiger partial charge < -0.3 is 9.64 Å². The number of sulfonamides is 1. The van der Waals surface area contributed by atoms with Gasteiger partial charge in [-0.3, -0.25) is 9.59 Å². The summed E-state index contributed by atoms with van der Waals surface area (Å²) in [6.07, 6.45) is 7.75. The Hall–Kier alpha value is -1.93. The van der Waals surface area contributed by atoms with Gasteiger partial charge in [-0.05, 0) is 62.8 Å². The Bertz CT molecular complexity index is 949. The molecule has 1 heterocycles. The number of amides is 1. The maximum atomic E-state index is 13.3. The second kappa shape index (κ2) is 8.90. The third-order valence-electron chi connectivity index (χ3n) is 6.93. The van der Waals surface area contributed by atoms with Crippen LogP contribution in [0.5, 0.6) is 0 Å². The highest BCUT2D eigenvalue weighted by molar-refractivity contribution is 7.89. The van der Waals surface area contributed by atoms with Crippen molar-refractivity contribution in [2.24, 2.45) is 5.92 Å². The topological polar surface area (TPSA) is 92.8 Å². The van der Waals surface area contributed by atoms with Crippen LogP contribution < -0.4 is 9.62 Å². The zero-order chi connectivity index (χ0) is 22.1. The third-order valence-corrected chi connectivity index (χ3v) is 8.50. The number of ether oxygens (including phenoxy) is 1. The number of hydrogen-bond donors (Lipinski definition) is 1. The van der Waals surface area contributed by atoms with E-state index in [9.17, 15) is 18.0 Å². The SMILES string of the molecule is CCOC(=O)CC1(NS(=O)(=O)c2ccc3c(c2)CCN3C(=O)C2CCC2)CCCCC1. The number of nitrogens with zero attached hydrogens (tertiary/aromatic N) is 1. The van der Waals surface area contributed by atoms with Crippen LogP contribution in [0.25, 0.3) is 0 Å². The standard InChI is InChI=1S/C23H32N2O5S/c1-2-30-21(26)16-23(12-4-3-5-13-23)24-31(28,29)19-9-10-20-18(15-19)11-14-25(20)22(27)17-7-6-8-17/h9-10,15,17,24H,2-8,11-14,16H2,1H3. The molecule has 0 bridgehead atoms. The van der Waals surface area contributed by atoms with Crippen molar-refractivity contribution < 1.29 is 22.7 Å². The summed E-state index contributed by atoms with van der Waals surface area (Å²) in [5.74, 6) is -0.0920. The summed E-state index contributed by atoms with van der Waals surface area (Å²) in [4.78, 5) is 26.9. The van der Waals surface area contributed by atoms with Crippen molar-refractivity contribution in [3.63, 3.8) is 0 Å². The maximum absolute atomic E-state index is 13.3. The van der Waals surface area contributed by atoms with E-state index in [1.54, 1.807) is 25.1 Å². The largest absolute Gasteiger partial charge is 0.466 e. The molecule has 170 valence electrons. The number of esters is 1. The van der Waals surface area contributed by atoms with Crippen LogP contribution >= 0.6 is 0 Å². The average Bonchev–Trinajstić information content (AvgIpc) is 3.10. The van der Waals surface area contributed by atoms with E-state index in [-0.39, 0.29) is 35.7 Å². The number of carbonyl (C=O) groups is 2. The van der Waals surface area contributed by atoms with E-state index in [0.717, 1.165) is 49.8 Å². The van der Waals surface area contributed by atoms with Crippen LogP contribution in [0.3, 0.4) is 0 Å². The summed E-state index contributed by atoms with van der Waals surface area (Å²) < 4.78 is 34.5. The molecule has 0 radical (unpaired) electrons. The molecule has 0 saturated heterocycles. The zero-order valence-electron chi connectivity index (χ0n) is 18.2. The molecule has 4 rings (SSSR count). The summed E-state index contributed by atoms with van der Waals surface area (Å²) in [7, 11) is -3.81. The number of carbonyl (C=O) groups excluding carboxylic acids is 2. The molecule has 8 heteroatoms. The Morgan fingerprint density at radius 3 is 2.55 bits per heavy atom. The second-order valence-electron chi connectivity index (χ2n) is 9.09. The normalized spacial score (nSPS) is 20.7. The molecule has 1 aliphatic heterocycles. The molecule has 7 nitrogen and oxygen atoms in total. The maximum Gasteiger partial charge on any atom is 0.307 e. The van der Waals surface area contributed by atoms with Gasteiger partial charge in [0.2, 0.25) is 15.9 Å². The van der Waals surface area contributed by atoms with E-state index in [2.05, 4.69) is 4.72 Å². The first kappa shape index (κ1) is 22.3. The van der Waals surface area contributed by atoms with Gasteiger partial charge in [-0.15, -0.1) is 0 Å². The molecular formula is C23H32N2O5S. The minimum atomic E-state index is -3.81. The van der Waals surface area contributed by atoms with Crippen molar-refractivity contribution in [2.75, 3.05) is 18.1 Å². The Morgan fingerprint density at radius 1 is 1.16 bits per heavy atom. The van der Waals surface area contributed by atoms with Gasteiger partial charge in [-0.1, -0.05) is 25.7 Å². The minimum Gasteiger partial charge on any atom is -0.466 e. The van der Waals surface area contributed by atoms with Crippen molar-refractivity contribution in [1.82, 2.24) is 4.72 Å². The van der Waals surface area contributed by atoms with Crippen molar-refractivity contribution in [2.45, 2.75) is 81.6 Å². The third kappa shape index (κ3) is 4.65. The van der Waals surface area contributed by atoms with Gasteiger partial charge in [0, 0.05) is 23.7 Å². The predicted octanol–water partition coefficient (Wildman–Crippen LogP) is 3.31. The van der Waals surface area contributed by atoms with Gasteiger partial charge in [0.05, 0.1) is 17.9 Å². The Balaban J connectivity index is 1.54. The van der Waals surface area contributed by atoms with Crippen molar-refractivity contribution in [3.05, 3.63) is 23.8 Å². The average molecular weight is 449 g/mol. The number of anilines is 1. The number of nitrogens with one attached hydrogen (secondary N) is 1. The lowest BCUT2D eigenvalue weighted by Crippen LogP contribution is -2.51. The summed E-state index contributed by atoms with van der Waals surface area (Å²) >= 11 is 0. The van der Waals surface area contributed by atoms with Gasteiger partial charge in [-0.2, -0.15) is 0 Å². The van der Waals surface area contributed by atoms with Gasteiger partial charge >= 0.3 is 5.97 Å². The molecule has 2 saturated carbocycles. The minimum absolute atomic E-state index is 0.0503. The summed E-state index contributed by atoms with van der Waals surface area (Å²) in [6, 6.07) is 5.02. The summed E-state index contributed by atoms with van der Waals surface area (Å²) in [6.45, 7) is 2.64. The molecule has 0 spiro atoms. The van der Waals surface area contributed by atoms with E-state index in [0.29, 0.717) is 25.8 Å². The fourth-order valence-electron chi connectivity index (χ4n) is 5.03. The lowest BCUT2D eigenvalue weighted by molar-refractivity contribution is -0.145. The second-order valence-corrected chi connectivity index (χ2v) is 10.8. The van der Waals surface area contributed by atoms with Crippen LogP contribution in [0.1, 0.15) is 70.3 Å². The summed E-state index contributed by atoms with van der Waals surface area (Å²) in [5, 5.41) is 0. The molecule has 1 amide bonds. The molecular weight excluding hydrogens is 416 g/mol. The Kier molecular flexibility index (Phi) is 6.40. The Morgan fingerprint density at radius 2 is 1.90 bits per heavy atom. The van der Waals surface area contributed by atoms with Crippen molar-refractivity contribution in [3.8, 4) is 0 Å². The molecule has 1 aromatic rings. The van der Waals surface area contributed by atoms with E-state index < -0.39 is 15.6 Å². The Labute approximate surface area is 184 Å². The highest BCUT2D eigenvalue weighted by Gasteiger charge is 2.39. The van der Waals surface area contributed by atoms with Crippen LogP contribution in [0.2, 0.25) is 0 Å². The monoisotopic (exact) mass is 448 g/mol. The molecule has 2 fully saturated rings. The fraction of sp³-hybridized carbons (Fsp3) is 0.652. The van der Waals surface area contributed by atoms with Crippen LogP contribution in [-0.4, -0.2) is 39.0 Å². The molecule has 31 heavy (non-hydrogen) atoms. The number of fused-ring (bicyclic) bond motifs is 1. The quantitative estimate of drug-likeness (QED) is 0.646. The van der Waals surface area contributed by atoms with Crippen LogP contribution in [0.15, 0.2) is 23.1 Å². The fourth-order valence-corrected chi connectivity index (χ4v) is 6.53. The smallest absolute Gasteiger partial charge is 0.307 e. The van der Waals surface area contributed by atoms with E-state index >= 15 is 0 Å². The van der Waals surface area contributed by atoms with Crippen LogP contribution in [0, 0.1) is 5.92 Å². The van der Waals surface area contributed by atoms with Gasteiger partial charge in [0.15, 0.2) is 0 Å². The first-order chi connectivity index (χ1) is 14.8. The van der Waals surface area contributed by atoms with Gasteiger partial charge in [-0.25, -0.2) is 13.1 Å². The lowest BCUT2D eigenvalue weighted by Gasteiger charge is -2.37. The van der Waals surface area contributed by atoms with Gasteiger partial charge in [0.1, 0.15) is 0 Å². The van der Waals surface area contributed by atoms with Crippen molar-refractivity contribution in [1.29, 1.82) is 0 Å². The van der Waals surface area contributed by atoms with E-state index in [1.165, 1.54) is 0 Å². The molecule has 3 aliphatic rings. The molecule has 1 N–H and O–H groups in total. The van der Waals surface area contributed by atoms with E-state index in [1.807, 2.05) is 4.90 Å². The first-order valence-electron chi connectivity index (χ1n) is 11.5. The van der Waals surface area contributed by atoms with Crippen LogP contribution in [-0.2, 0) is 30.8 Å². The lowest BCUT2D eigenvalue weighted by atomic mass is 9.80. The predicted molar refractivity (Wildman–Crippen MR) is 117 cm³/mol.